The Balaban J connectivity index is 1.94. The van der Waals surface area contributed by atoms with E-state index in [-0.39, 0.29) is 17.3 Å². The third kappa shape index (κ3) is 3.66. The molecule has 1 aliphatic rings. The molecule has 0 radical (unpaired) electrons. The molecule has 0 amide bonds. The van der Waals surface area contributed by atoms with E-state index in [4.69, 9.17) is 4.74 Å². The van der Waals surface area contributed by atoms with Crippen molar-refractivity contribution in [2.24, 2.45) is 4.99 Å². The predicted octanol–water partition coefficient (Wildman–Crippen LogP) is 5.39. The highest BCUT2D eigenvalue weighted by Crippen LogP contribution is 2.43. The first-order valence-electron chi connectivity index (χ1n) is 9.44. The quantitative estimate of drug-likeness (QED) is 0.528. The van der Waals surface area contributed by atoms with E-state index in [0.717, 1.165) is 23.2 Å². The van der Waals surface area contributed by atoms with Crippen LogP contribution in [-0.2, 0) is 4.74 Å². The predicted molar refractivity (Wildman–Crippen MR) is 112 cm³/mol. The lowest BCUT2D eigenvalue weighted by molar-refractivity contribution is 0.0600. The number of carbonyl (C=O) groups is 1. The Kier molecular flexibility index (Phi) is 5.28. The minimum absolute atomic E-state index is 0.00699. The molecule has 0 fully saturated rings. The van der Waals surface area contributed by atoms with E-state index in [1.807, 2.05) is 20.0 Å². The Morgan fingerprint density at radius 3 is 2.68 bits per heavy atom. The molecule has 2 aromatic rings. The number of aryl methyl sites for hydroxylation is 1. The second-order valence-corrected chi connectivity index (χ2v) is 8.16. The van der Waals surface area contributed by atoms with Gasteiger partial charge >= 0.3 is 5.97 Å². The Hall–Kier alpha value is -2.69. The Morgan fingerprint density at radius 2 is 2.04 bits per heavy atom. The molecule has 0 spiro atoms. The van der Waals surface area contributed by atoms with Crippen LogP contribution in [0, 0.1) is 12.7 Å². The minimum Gasteiger partial charge on any atom is -0.465 e. The SMILES string of the molecule is COC(=O)c1ccc(N=Cc2cc3c(cc2F)N(C)C(C)(C)CC3C)c(C)c1. The third-order valence-electron chi connectivity index (χ3n) is 5.71. The molecule has 3 rings (SSSR count). The van der Waals surface area contributed by atoms with Crippen molar-refractivity contribution in [1.29, 1.82) is 0 Å². The van der Waals surface area contributed by atoms with Gasteiger partial charge < -0.3 is 9.64 Å². The number of nitrogens with zero attached hydrogens (tertiary/aromatic N) is 2. The van der Waals surface area contributed by atoms with E-state index >= 15 is 0 Å². The van der Waals surface area contributed by atoms with Crippen molar-refractivity contribution < 1.29 is 13.9 Å². The summed E-state index contributed by atoms with van der Waals surface area (Å²) in [5, 5.41) is 0. The maximum absolute atomic E-state index is 14.8. The van der Waals surface area contributed by atoms with Crippen LogP contribution in [-0.4, -0.2) is 31.9 Å². The Bertz CT molecular complexity index is 950. The van der Waals surface area contributed by atoms with Crippen LogP contribution >= 0.6 is 0 Å². The summed E-state index contributed by atoms with van der Waals surface area (Å²) in [5.41, 5.74) is 4.53. The van der Waals surface area contributed by atoms with Crippen LogP contribution in [0.3, 0.4) is 0 Å². The van der Waals surface area contributed by atoms with Crippen molar-refractivity contribution in [3.8, 4) is 0 Å². The first-order chi connectivity index (χ1) is 13.1. The molecule has 1 aliphatic heterocycles. The summed E-state index contributed by atoms with van der Waals surface area (Å²) >= 11 is 0. The number of anilines is 1. The van der Waals surface area contributed by atoms with Gasteiger partial charge in [0.05, 0.1) is 18.4 Å². The average Bonchev–Trinajstić information content (AvgIpc) is 2.64. The molecule has 4 nitrogen and oxygen atoms in total. The summed E-state index contributed by atoms with van der Waals surface area (Å²) in [5.74, 6) is -0.335. The van der Waals surface area contributed by atoms with Crippen molar-refractivity contribution in [2.75, 3.05) is 19.1 Å². The molecule has 0 saturated heterocycles. The van der Waals surface area contributed by atoms with E-state index in [1.54, 1.807) is 30.5 Å². The van der Waals surface area contributed by atoms with Crippen molar-refractivity contribution in [3.05, 3.63) is 58.4 Å². The second kappa shape index (κ2) is 7.38. The van der Waals surface area contributed by atoms with Crippen LogP contribution in [0.25, 0.3) is 0 Å². The van der Waals surface area contributed by atoms with Gasteiger partial charge in [0.2, 0.25) is 0 Å². The first-order valence-corrected chi connectivity index (χ1v) is 9.44. The number of hydrogen-bond donors (Lipinski definition) is 0. The smallest absolute Gasteiger partial charge is 0.337 e. The van der Waals surface area contributed by atoms with Crippen LogP contribution in [0.2, 0.25) is 0 Å². The zero-order chi connectivity index (χ0) is 20.6. The molecule has 0 bridgehead atoms. The van der Waals surface area contributed by atoms with Gasteiger partial charge in [-0.05, 0) is 74.6 Å². The number of benzene rings is 2. The normalized spacial score (nSPS) is 18.2. The molecule has 1 atom stereocenters. The summed E-state index contributed by atoms with van der Waals surface area (Å²) in [4.78, 5) is 18.2. The lowest BCUT2D eigenvalue weighted by atomic mass is 9.80. The fraction of sp³-hybridized carbons (Fsp3) is 0.391. The summed E-state index contributed by atoms with van der Waals surface area (Å²) in [7, 11) is 3.37. The van der Waals surface area contributed by atoms with Crippen molar-refractivity contribution in [1.82, 2.24) is 0 Å². The molecular weight excluding hydrogens is 355 g/mol. The number of fused-ring (bicyclic) bond motifs is 1. The number of ether oxygens (including phenoxy) is 1. The number of halogens is 1. The molecule has 0 aromatic heterocycles. The zero-order valence-corrected chi connectivity index (χ0v) is 17.3. The average molecular weight is 382 g/mol. The molecule has 5 heteroatoms. The number of esters is 1. The standard InChI is InChI=1S/C23H27FN2O2/c1-14-9-16(22(27)28-6)7-8-20(14)25-13-17-10-18-15(2)12-23(3,4)26(5)21(18)11-19(17)24/h7-11,13,15H,12H2,1-6H3. The molecular formula is C23H27FN2O2. The lowest BCUT2D eigenvalue weighted by Crippen LogP contribution is -2.45. The Labute approximate surface area is 166 Å². The number of aliphatic imine (C=N–C) groups is 1. The van der Waals surface area contributed by atoms with Gasteiger partial charge in [0, 0.05) is 30.1 Å². The number of methoxy groups -OCH3 is 1. The number of carbonyl (C=O) groups excluding carboxylic acids is 1. The zero-order valence-electron chi connectivity index (χ0n) is 17.3. The van der Waals surface area contributed by atoms with E-state index in [9.17, 15) is 9.18 Å². The lowest BCUT2D eigenvalue weighted by Gasteiger charge is -2.45. The van der Waals surface area contributed by atoms with Gasteiger partial charge in [-0.25, -0.2) is 9.18 Å². The first kappa shape index (κ1) is 20.1. The van der Waals surface area contributed by atoms with Crippen LogP contribution in [0.4, 0.5) is 15.8 Å². The maximum atomic E-state index is 14.8. The van der Waals surface area contributed by atoms with E-state index in [0.29, 0.717) is 22.7 Å². The minimum atomic E-state index is -0.389. The highest BCUT2D eigenvalue weighted by molar-refractivity contribution is 5.90. The van der Waals surface area contributed by atoms with Gasteiger partial charge in [-0.3, -0.25) is 4.99 Å². The number of hydrogen-bond acceptors (Lipinski definition) is 4. The molecule has 0 aliphatic carbocycles. The fourth-order valence-corrected chi connectivity index (χ4v) is 3.89. The summed E-state index contributed by atoms with van der Waals surface area (Å²) < 4.78 is 19.5. The molecule has 0 saturated carbocycles. The van der Waals surface area contributed by atoms with Crippen molar-refractivity contribution in [3.63, 3.8) is 0 Å². The van der Waals surface area contributed by atoms with Crippen molar-refractivity contribution in [2.45, 2.75) is 45.6 Å². The highest BCUT2D eigenvalue weighted by atomic mass is 19.1. The van der Waals surface area contributed by atoms with Crippen LogP contribution in [0.5, 0.6) is 0 Å². The van der Waals surface area contributed by atoms with E-state index < -0.39 is 0 Å². The topological polar surface area (TPSA) is 41.9 Å². The third-order valence-corrected chi connectivity index (χ3v) is 5.71. The summed E-state index contributed by atoms with van der Waals surface area (Å²) in [6.45, 7) is 8.41. The molecule has 28 heavy (non-hydrogen) atoms. The summed E-state index contributed by atoms with van der Waals surface area (Å²) in [6, 6.07) is 8.64. The molecule has 2 aromatic carbocycles. The van der Waals surface area contributed by atoms with Gasteiger partial charge in [-0.2, -0.15) is 0 Å². The van der Waals surface area contributed by atoms with Gasteiger partial charge in [0.1, 0.15) is 5.82 Å². The summed E-state index contributed by atoms with van der Waals surface area (Å²) in [6.07, 6.45) is 2.56. The largest absolute Gasteiger partial charge is 0.465 e. The number of rotatable bonds is 3. The second-order valence-electron chi connectivity index (χ2n) is 8.16. The molecule has 148 valence electrons. The molecule has 1 unspecified atom stereocenters. The maximum Gasteiger partial charge on any atom is 0.337 e. The van der Waals surface area contributed by atoms with Gasteiger partial charge in [-0.1, -0.05) is 6.92 Å². The molecule has 0 N–H and O–H groups in total. The van der Waals surface area contributed by atoms with E-state index in [2.05, 4.69) is 30.7 Å². The van der Waals surface area contributed by atoms with Crippen LogP contribution < -0.4 is 4.90 Å². The Morgan fingerprint density at radius 1 is 1.32 bits per heavy atom. The van der Waals surface area contributed by atoms with Crippen LogP contribution in [0.1, 0.15) is 60.2 Å². The molecule has 1 heterocycles. The highest BCUT2D eigenvalue weighted by Gasteiger charge is 2.34. The van der Waals surface area contributed by atoms with Crippen molar-refractivity contribution >= 4 is 23.6 Å². The fourth-order valence-electron chi connectivity index (χ4n) is 3.89. The van der Waals surface area contributed by atoms with E-state index in [1.165, 1.54) is 7.11 Å². The van der Waals surface area contributed by atoms with Gasteiger partial charge in [-0.15, -0.1) is 0 Å². The van der Waals surface area contributed by atoms with Crippen LogP contribution in [0.15, 0.2) is 35.3 Å². The van der Waals surface area contributed by atoms with Gasteiger partial charge in [0.15, 0.2) is 0 Å². The monoisotopic (exact) mass is 382 g/mol. The van der Waals surface area contributed by atoms with Gasteiger partial charge in [0.25, 0.3) is 0 Å².